The second kappa shape index (κ2) is 10.5. The Labute approximate surface area is 180 Å². The largest absolute Gasteiger partial charge is 0.497 e. The first kappa shape index (κ1) is 23.5. The highest BCUT2D eigenvalue weighted by Crippen LogP contribution is 2.39. The third-order valence-corrected chi connectivity index (χ3v) is 5.58. The van der Waals surface area contributed by atoms with Crippen LogP contribution in [0.25, 0.3) is 11.1 Å². The van der Waals surface area contributed by atoms with Gasteiger partial charge in [0.1, 0.15) is 5.75 Å². The summed E-state index contributed by atoms with van der Waals surface area (Å²) in [5.41, 5.74) is -0.845. The Morgan fingerprint density at radius 3 is 2.16 bits per heavy atom. The van der Waals surface area contributed by atoms with Crippen molar-refractivity contribution >= 4 is 0 Å². The number of unbranched alkanes of at least 4 members (excludes halogenated alkanes) is 1. The molecule has 1 aliphatic carbocycles. The first-order valence-corrected chi connectivity index (χ1v) is 10.7. The van der Waals surface area contributed by atoms with Gasteiger partial charge in [0.2, 0.25) is 0 Å². The van der Waals surface area contributed by atoms with Crippen molar-refractivity contribution in [3.63, 3.8) is 0 Å². The van der Waals surface area contributed by atoms with Crippen LogP contribution >= 0.6 is 0 Å². The van der Waals surface area contributed by atoms with Gasteiger partial charge in [-0.1, -0.05) is 31.5 Å². The minimum Gasteiger partial charge on any atom is -0.497 e. The van der Waals surface area contributed by atoms with E-state index in [1.807, 2.05) is 0 Å². The van der Waals surface area contributed by atoms with Crippen molar-refractivity contribution in [1.29, 1.82) is 0 Å². The molecule has 1 saturated carbocycles. The van der Waals surface area contributed by atoms with E-state index in [0.717, 1.165) is 25.0 Å². The molecule has 0 spiro atoms. The van der Waals surface area contributed by atoms with Gasteiger partial charge >= 0.3 is 6.11 Å². The van der Waals surface area contributed by atoms with Crippen molar-refractivity contribution in [3.8, 4) is 16.9 Å². The van der Waals surface area contributed by atoms with E-state index in [4.69, 9.17) is 14.2 Å². The molecule has 0 amide bonds. The van der Waals surface area contributed by atoms with Crippen LogP contribution < -0.4 is 4.74 Å². The van der Waals surface area contributed by atoms with Gasteiger partial charge in [0.25, 0.3) is 0 Å². The van der Waals surface area contributed by atoms with E-state index in [-0.39, 0.29) is 11.7 Å². The first-order valence-electron chi connectivity index (χ1n) is 10.7. The fourth-order valence-corrected chi connectivity index (χ4v) is 3.75. The van der Waals surface area contributed by atoms with Gasteiger partial charge < -0.3 is 14.2 Å². The molecule has 0 atom stereocenters. The summed E-state index contributed by atoms with van der Waals surface area (Å²) >= 11 is 0. The Hall–Kier alpha value is -2.12. The second-order valence-electron chi connectivity index (χ2n) is 7.77. The maximum Gasteiger partial charge on any atom is 0.386 e. The van der Waals surface area contributed by atoms with Gasteiger partial charge in [0.15, 0.2) is 11.6 Å². The number of hydrogen-bond donors (Lipinski definition) is 0. The van der Waals surface area contributed by atoms with Crippen molar-refractivity contribution < 1.29 is 31.8 Å². The van der Waals surface area contributed by atoms with Crippen molar-refractivity contribution in [2.24, 2.45) is 0 Å². The highest BCUT2D eigenvalue weighted by atomic mass is 19.3. The average Bonchev–Trinajstić information content (AvgIpc) is 2.77. The van der Waals surface area contributed by atoms with E-state index in [2.05, 4.69) is 6.92 Å². The molecule has 0 bridgehead atoms. The summed E-state index contributed by atoms with van der Waals surface area (Å²) in [6, 6.07) is 8.27. The lowest BCUT2D eigenvalue weighted by Gasteiger charge is -2.31. The number of halogens is 4. The zero-order chi connectivity index (χ0) is 22.4. The molecule has 0 unspecified atom stereocenters. The molecule has 7 heteroatoms. The molecular weight excluding hydrogens is 412 g/mol. The quantitative estimate of drug-likeness (QED) is 0.316. The summed E-state index contributed by atoms with van der Waals surface area (Å²) in [7, 11) is 1.48. The van der Waals surface area contributed by atoms with E-state index in [1.54, 1.807) is 12.1 Å². The Morgan fingerprint density at radius 1 is 0.903 bits per heavy atom. The van der Waals surface area contributed by atoms with E-state index in [0.29, 0.717) is 43.6 Å². The van der Waals surface area contributed by atoms with Crippen LogP contribution in [0.4, 0.5) is 17.6 Å². The smallest absolute Gasteiger partial charge is 0.386 e. The SMILES string of the molecule is CCCCOC1CCC(OC(F)(F)c2ccc(-c3ccc(OC)cc3)c(F)c2F)CC1. The highest BCUT2D eigenvalue weighted by Gasteiger charge is 2.41. The highest BCUT2D eigenvalue weighted by molar-refractivity contribution is 5.65. The molecule has 1 fully saturated rings. The molecule has 2 aromatic carbocycles. The Morgan fingerprint density at radius 2 is 1.55 bits per heavy atom. The lowest BCUT2D eigenvalue weighted by molar-refractivity contribution is -0.280. The predicted octanol–water partition coefficient (Wildman–Crippen LogP) is 6.83. The maximum absolute atomic E-state index is 14.7. The number of alkyl halides is 2. The van der Waals surface area contributed by atoms with Crippen LogP contribution in [-0.4, -0.2) is 25.9 Å². The molecule has 0 aromatic heterocycles. The van der Waals surface area contributed by atoms with E-state index < -0.39 is 29.4 Å². The normalized spacial score (nSPS) is 19.4. The van der Waals surface area contributed by atoms with E-state index in [9.17, 15) is 17.6 Å². The third kappa shape index (κ3) is 5.77. The third-order valence-electron chi connectivity index (χ3n) is 5.58. The number of benzene rings is 2. The van der Waals surface area contributed by atoms with Gasteiger partial charge in [-0.05, 0) is 55.9 Å². The summed E-state index contributed by atoms with van der Waals surface area (Å²) in [5.74, 6) is -2.39. The van der Waals surface area contributed by atoms with E-state index in [1.165, 1.54) is 19.2 Å². The Balaban J connectivity index is 1.68. The minimum atomic E-state index is -3.93. The molecule has 170 valence electrons. The van der Waals surface area contributed by atoms with Crippen LogP contribution in [0.15, 0.2) is 36.4 Å². The molecule has 0 N–H and O–H groups in total. The molecule has 3 nitrogen and oxygen atoms in total. The predicted molar refractivity (Wildman–Crippen MR) is 110 cm³/mol. The first-order chi connectivity index (χ1) is 14.9. The Kier molecular flexibility index (Phi) is 7.94. The lowest BCUT2D eigenvalue weighted by atomic mass is 9.94. The molecule has 0 heterocycles. The number of rotatable bonds is 9. The summed E-state index contributed by atoms with van der Waals surface area (Å²) in [6.45, 7) is 2.73. The topological polar surface area (TPSA) is 27.7 Å². The van der Waals surface area contributed by atoms with Gasteiger partial charge in [0.05, 0.1) is 24.9 Å². The van der Waals surface area contributed by atoms with Gasteiger partial charge in [-0.2, -0.15) is 8.78 Å². The molecule has 3 rings (SSSR count). The summed E-state index contributed by atoms with van der Waals surface area (Å²) in [6.07, 6.45) is -0.626. The molecule has 0 saturated heterocycles. The molecule has 0 aliphatic heterocycles. The number of hydrogen-bond acceptors (Lipinski definition) is 3. The summed E-state index contributed by atoms with van der Waals surface area (Å²) in [4.78, 5) is 0. The molecule has 31 heavy (non-hydrogen) atoms. The zero-order valence-electron chi connectivity index (χ0n) is 17.8. The molecular formula is C24H28F4O3. The number of methoxy groups -OCH3 is 1. The molecule has 0 radical (unpaired) electrons. The van der Waals surface area contributed by atoms with Crippen LogP contribution in [0.5, 0.6) is 5.75 Å². The fourth-order valence-electron chi connectivity index (χ4n) is 3.75. The van der Waals surface area contributed by atoms with Crippen LogP contribution in [0.3, 0.4) is 0 Å². The Bertz CT molecular complexity index is 847. The van der Waals surface area contributed by atoms with Crippen molar-refractivity contribution in [1.82, 2.24) is 0 Å². The van der Waals surface area contributed by atoms with Crippen LogP contribution in [0.2, 0.25) is 0 Å². The van der Waals surface area contributed by atoms with Crippen LogP contribution in [-0.2, 0) is 15.6 Å². The van der Waals surface area contributed by atoms with Gasteiger partial charge in [-0.3, -0.25) is 0 Å². The van der Waals surface area contributed by atoms with Crippen LogP contribution in [0, 0.1) is 11.6 Å². The van der Waals surface area contributed by atoms with Crippen molar-refractivity contribution in [3.05, 3.63) is 53.6 Å². The average molecular weight is 440 g/mol. The van der Waals surface area contributed by atoms with Gasteiger partial charge in [-0.15, -0.1) is 0 Å². The van der Waals surface area contributed by atoms with Crippen LogP contribution in [0.1, 0.15) is 51.0 Å². The van der Waals surface area contributed by atoms with Gasteiger partial charge in [0, 0.05) is 12.2 Å². The summed E-state index contributed by atoms with van der Waals surface area (Å²) < 4.78 is 74.3. The standard InChI is InChI=1S/C24H28F4O3/c1-3-4-15-30-18-9-11-19(12-10-18)31-24(27,28)21-14-13-20(22(25)23(21)26)16-5-7-17(29-2)8-6-16/h5-8,13-14,18-19H,3-4,9-12,15H2,1-2H3. The van der Waals surface area contributed by atoms with Gasteiger partial charge in [-0.25, -0.2) is 8.78 Å². The zero-order valence-corrected chi connectivity index (χ0v) is 17.8. The van der Waals surface area contributed by atoms with Crippen molar-refractivity contribution in [2.75, 3.05) is 13.7 Å². The second-order valence-corrected chi connectivity index (χ2v) is 7.77. The monoisotopic (exact) mass is 440 g/mol. The fraction of sp³-hybridized carbons (Fsp3) is 0.500. The number of ether oxygens (including phenoxy) is 3. The van der Waals surface area contributed by atoms with E-state index >= 15 is 0 Å². The lowest BCUT2D eigenvalue weighted by Crippen LogP contribution is -2.32. The minimum absolute atomic E-state index is 0.0398. The molecule has 1 aliphatic rings. The maximum atomic E-state index is 14.7. The van der Waals surface area contributed by atoms with Crippen molar-refractivity contribution in [2.45, 2.75) is 63.8 Å². The molecule has 2 aromatic rings. The summed E-state index contributed by atoms with van der Waals surface area (Å²) in [5, 5.41) is 0.